The van der Waals surface area contributed by atoms with Crippen LogP contribution in [-0.4, -0.2) is 37.1 Å². The molecule has 2 aliphatic rings. The Morgan fingerprint density at radius 2 is 2.38 bits per heavy atom. The molecule has 1 unspecified atom stereocenters. The molecular formula is C9H17N3O. The number of hydrogen-bond donors (Lipinski definition) is 2. The van der Waals surface area contributed by atoms with Crippen molar-refractivity contribution in [2.75, 3.05) is 26.2 Å². The van der Waals surface area contributed by atoms with Gasteiger partial charge in [0.1, 0.15) is 0 Å². The van der Waals surface area contributed by atoms with E-state index < -0.39 is 0 Å². The van der Waals surface area contributed by atoms with E-state index >= 15 is 0 Å². The number of nitrogens with zero attached hydrogens (tertiary/aromatic N) is 1. The maximum Gasteiger partial charge on any atom is 0.236 e. The average molecular weight is 183 g/mol. The van der Waals surface area contributed by atoms with E-state index in [0.717, 1.165) is 32.6 Å². The first-order chi connectivity index (χ1) is 6.36. The van der Waals surface area contributed by atoms with Gasteiger partial charge in [-0.25, -0.2) is 5.43 Å². The molecule has 13 heavy (non-hydrogen) atoms. The summed E-state index contributed by atoms with van der Waals surface area (Å²) in [4.78, 5) is 11.4. The smallest absolute Gasteiger partial charge is 0.236 e. The van der Waals surface area contributed by atoms with Crippen LogP contribution in [0.3, 0.4) is 0 Å². The standard InChI is InChI=1S/C9H17N3O/c13-9-2-1-4-11-12(9)7-8-3-5-10-6-8/h8,10-11H,1-7H2. The lowest BCUT2D eigenvalue weighted by atomic mass is 10.1. The van der Waals surface area contributed by atoms with Crippen molar-refractivity contribution in [3.63, 3.8) is 0 Å². The molecule has 0 aromatic carbocycles. The second-order valence-electron chi connectivity index (χ2n) is 3.87. The first-order valence-corrected chi connectivity index (χ1v) is 5.11. The molecule has 0 bridgehead atoms. The Bertz CT molecular complexity index is 189. The summed E-state index contributed by atoms with van der Waals surface area (Å²) in [5.74, 6) is 0.910. The number of hydrazine groups is 1. The van der Waals surface area contributed by atoms with Crippen LogP contribution >= 0.6 is 0 Å². The monoisotopic (exact) mass is 183 g/mol. The number of rotatable bonds is 2. The second kappa shape index (κ2) is 4.07. The zero-order valence-electron chi connectivity index (χ0n) is 7.88. The van der Waals surface area contributed by atoms with E-state index in [0.29, 0.717) is 12.3 Å². The van der Waals surface area contributed by atoms with Gasteiger partial charge in [0, 0.05) is 19.5 Å². The summed E-state index contributed by atoms with van der Waals surface area (Å²) in [5, 5.41) is 5.12. The van der Waals surface area contributed by atoms with Crippen molar-refractivity contribution in [1.82, 2.24) is 15.8 Å². The van der Waals surface area contributed by atoms with E-state index in [2.05, 4.69) is 10.7 Å². The van der Waals surface area contributed by atoms with Crippen molar-refractivity contribution < 1.29 is 4.79 Å². The highest BCUT2D eigenvalue weighted by atomic mass is 16.2. The number of hydrogen-bond acceptors (Lipinski definition) is 3. The van der Waals surface area contributed by atoms with Gasteiger partial charge < -0.3 is 5.32 Å². The molecule has 2 aliphatic heterocycles. The van der Waals surface area contributed by atoms with Crippen molar-refractivity contribution in [3.05, 3.63) is 0 Å². The van der Waals surface area contributed by atoms with Gasteiger partial charge in [-0.1, -0.05) is 0 Å². The van der Waals surface area contributed by atoms with Crippen LogP contribution in [-0.2, 0) is 4.79 Å². The number of carbonyl (C=O) groups is 1. The largest absolute Gasteiger partial charge is 0.316 e. The third-order valence-electron chi connectivity index (χ3n) is 2.77. The molecule has 4 heteroatoms. The lowest BCUT2D eigenvalue weighted by Gasteiger charge is -2.29. The van der Waals surface area contributed by atoms with Crippen LogP contribution in [0.4, 0.5) is 0 Å². The van der Waals surface area contributed by atoms with E-state index in [1.54, 1.807) is 5.01 Å². The molecule has 0 spiro atoms. The predicted molar refractivity (Wildman–Crippen MR) is 49.9 cm³/mol. The van der Waals surface area contributed by atoms with Crippen molar-refractivity contribution in [3.8, 4) is 0 Å². The van der Waals surface area contributed by atoms with Gasteiger partial charge in [-0.05, 0) is 31.8 Å². The summed E-state index contributed by atoms with van der Waals surface area (Å²) in [5.41, 5.74) is 3.15. The minimum absolute atomic E-state index is 0.262. The van der Waals surface area contributed by atoms with Crippen molar-refractivity contribution in [1.29, 1.82) is 0 Å². The molecule has 2 fully saturated rings. The molecule has 0 saturated carbocycles. The van der Waals surface area contributed by atoms with Gasteiger partial charge in [-0.2, -0.15) is 0 Å². The maximum absolute atomic E-state index is 11.4. The molecule has 0 aromatic heterocycles. The summed E-state index contributed by atoms with van der Waals surface area (Å²) in [7, 11) is 0. The fraction of sp³-hybridized carbons (Fsp3) is 0.889. The minimum Gasteiger partial charge on any atom is -0.316 e. The summed E-state index contributed by atoms with van der Waals surface area (Å²) < 4.78 is 0. The Labute approximate surface area is 78.6 Å². The Balaban J connectivity index is 1.81. The first-order valence-electron chi connectivity index (χ1n) is 5.11. The van der Waals surface area contributed by atoms with Gasteiger partial charge in [-0.3, -0.25) is 9.80 Å². The number of amides is 1. The molecular weight excluding hydrogens is 166 g/mol. The molecule has 2 heterocycles. The topological polar surface area (TPSA) is 44.4 Å². The van der Waals surface area contributed by atoms with E-state index in [4.69, 9.17) is 0 Å². The summed E-state index contributed by atoms with van der Waals surface area (Å²) >= 11 is 0. The fourth-order valence-corrected chi connectivity index (χ4v) is 1.97. The predicted octanol–water partition coefficient (Wildman–Crippen LogP) is -0.277. The fourth-order valence-electron chi connectivity index (χ4n) is 1.97. The molecule has 1 amide bonds. The van der Waals surface area contributed by atoms with Gasteiger partial charge in [0.2, 0.25) is 5.91 Å². The first kappa shape index (κ1) is 8.97. The van der Waals surface area contributed by atoms with E-state index in [1.165, 1.54) is 6.42 Å². The molecule has 74 valence electrons. The molecule has 0 radical (unpaired) electrons. The van der Waals surface area contributed by atoms with Crippen LogP contribution in [0.1, 0.15) is 19.3 Å². The van der Waals surface area contributed by atoms with Crippen molar-refractivity contribution >= 4 is 5.91 Å². The van der Waals surface area contributed by atoms with Crippen molar-refractivity contribution in [2.45, 2.75) is 19.3 Å². The average Bonchev–Trinajstić information content (AvgIpc) is 2.61. The van der Waals surface area contributed by atoms with Crippen LogP contribution in [0.25, 0.3) is 0 Å². The summed E-state index contributed by atoms with van der Waals surface area (Å²) in [6.07, 6.45) is 2.90. The van der Waals surface area contributed by atoms with E-state index in [9.17, 15) is 4.79 Å². The third kappa shape index (κ3) is 2.19. The summed E-state index contributed by atoms with van der Waals surface area (Å²) in [6.45, 7) is 4.00. The van der Waals surface area contributed by atoms with Gasteiger partial charge in [-0.15, -0.1) is 0 Å². The van der Waals surface area contributed by atoms with Gasteiger partial charge in [0.15, 0.2) is 0 Å². The highest BCUT2D eigenvalue weighted by Crippen LogP contribution is 2.11. The lowest BCUT2D eigenvalue weighted by Crippen LogP contribution is -2.49. The van der Waals surface area contributed by atoms with E-state index in [-0.39, 0.29) is 5.91 Å². The highest BCUT2D eigenvalue weighted by Gasteiger charge is 2.23. The Morgan fingerprint density at radius 3 is 3.08 bits per heavy atom. The van der Waals surface area contributed by atoms with Crippen LogP contribution in [0, 0.1) is 5.92 Å². The molecule has 2 N–H and O–H groups in total. The van der Waals surface area contributed by atoms with Crippen molar-refractivity contribution in [2.24, 2.45) is 5.92 Å². The molecule has 2 rings (SSSR count). The van der Waals surface area contributed by atoms with Gasteiger partial charge in [0.25, 0.3) is 0 Å². The van der Waals surface area contributed by atoms with E-state index in [1.807, 2.05) is 0 Å². The molecule has 1 atom stereocenters. The zero-order valence-corrected chi connectivity index (χ0v) is 7.88. The quantitative estimate of drug-likeness (QED) is 0.619. The number of nitrogens with one attached hydrogen (secondary N) is 2. The maximum atomic E-state index is 11.4. The Kier molecular flexibility index (Phi) is 2.80. The van der Waals surface area contributed by atoms with Crippen LogP contribution in [0.15, 0.2) is 0 Å². The third-order valence-corrected chi connectivity index (χ3v) is 2.77. The molecule has 0 aromatic rings. The number of carbonyl (C=O) groups excluding carboxylic acids is 1. The van der Waals surface area contributed by atoms with Gasteiger partial charge in [0.05, 0.1) is 0 Å². The minimum atomic E-state index is 0.262. The Morgan fingerprint density at radius 1 is 1.46 bits per heavy atom. The van der Waals surface area contributed by atoms with Crippen LogP contribution in [0.5, 0.6) is 0 Å². The SMILES string of the molecule is O=C1CCCNN1CC1CCNC1. The molecule has 0 aliphatic carbocycles. The zero-order chi connectivity index (χ0) is 9.10. The second-order valence-corrected chi connectivity index (χ2v) is 3.87. The lowest BCUT2D eigenvalue weighted by molar-refractivity contribution is -0.137. The Hall–Kier alpha value is -0.610. The molecule has 2 saturated heterocycles. The normalized spacial score (nSPS) is 29.7. The summed E-state index contributed by atoms with van der Waals surface area (Å²) in [6, 6.07) is 0. The highest BCUT2D eigenvalue weighted by molar-refractivity contribution is 5.76. The molecule has 4 nitrogen and oxygen atoms in total. The van der Waals surface area contributed by atoms with Crippen LogP contribution in [0.2, 0.25) is 0 Å². The van der Waals surface area contributed by atoms with Gasteiger partial charge >= 0.3 is 0 Å². The van der Waals surface area contributed by atoms with Crippen LogP contribution < -0.4 is 10.7 Å².